The summed E-state index contributed by atoms with van der Waals surface area (Å²) in [6, 6.07) is 3.84. The molecule has 2 aromatic rings. The van der Waals surface area contributed by atoms with Crippen LogP contribution in [0.25, 0.3) is 0 Å². The zero-order valence-electron chi connectivity index (χ0n) is 18.3. The first-order valence-electron chi connectivity index (χ1n) is 10.2. The van der Waals surface area contributed by atoms with Crippen molar-refractivity contribution in [3.8, 4) is 0 Å². The van der Waals surface area contributed by atoms with Crippen molar-refractivity contribution in [2.24, 2.45) is 0 Å². The monoisotopic (exact) mass is 445 g/mol. The highest BCUT2D eigenvalue weighted by atomic mass is 35.5. The summed E-state index contributed by atoms with van der Waals surface area (Å²) in [5, 5.41) is 0. The smallest absolute Gasteiger partial charge is 0.415 e. The van der Waals surface area contributed by atoms with Crippen LogP contribution in [0, 0.1) is 20.8 Å². The minimum Gasteiger partial charge on any atom is -0.447 e. The van der Waals surface area contributed by atoms with Crippen molar-refractivity contribution in [3.63, 3.8) is 0 Å². The summed E-state index contributed by atoms with van der Waals surface area (Å²) in [5.74, 6) is 1.48. The highest BCUT2D eigenvalue weighted by Gasteiger charge is 2.32. The summed E-state index contributed by atoms with van der Waals surface area (Å²) >= 11 is 0. The van der Waals surface area contributed by atoms with Crippen molar-refractivity contribution in [2.75, 3.05) is 42.6 Å². The molecule has 1 unspecified atom stereocenters. The fourth-order valence-electron chi connectivity index (χ4n) is 4.06. The molecule has 2 aromatic heterocycles. The predicted molar refractivity (Wildman–Crippen MR) is 121 cm³/mol. The molecule has 4 heterocycles. The van der Waals surface area contributed by atoms with E-state index < -0.39 is 6.09 Å². The van der Waals surface area contributed by atoms with Gasteiger partial charge in [-0.3, -0.25) is 9.69 Å². The summed E-state index contributed by atoms with van der Waals surface area (Å²) in [4.78, 5) is 39.6. The van der Waals surface area contributed by atoms with Gasteiger partial charge >= 0.3 is 6.09 Å². The van der Waals surface area contributed by atoms with E-state index >= 15 is 0 Å². The number of anilines is 2. The Morgan fingerprint density at radius 1 is 1.03 bits per heavy atom. The van der Waals surface area contributed by atoms with Crippen LogP contribution in [0.5, 0.6) is 0 Å². The van der Waals surface area contributed by atoms with Crippen LogP contribution < -0.4 is 9.80 Å². The van der Waals surface area contributed by atoms with Gasteiger partial charge in [0.15, 0.2) is 0 Å². The average molecular weight is 446 g/mol. The van der Waals surface area contributed by atoms with Crippen molar-refractivity contribution in [2.45, 2.75) is 33.7 Å². The lowest BCUT2D eigenvalue weighted by atomic mass is 10.1. The molecule has 1 atom stereocenters. The predicted octanol–water partition coefficient (Wildman–Crippen LogP) is 3.13. The summed E-state index contributed by atoms with van der Waals surface area (Å²) in [6.45, 7) is 11.0. The zero-order valence-corrected chi connectivity index (χ0v) is 19.1. The number of carbonyl (C=O) groups is 2. The number of carbonyl (C=O) groups excluding carboxylic acids is 2. The highest BCUT2D eigenvalue weighted by molar-refractivity contribution is 5.96. The maximum Gasteiger partial charge on any atom is 0.415 e. The third-order valence-electron chi connectivity index (χ3n) is 5.71. The van der Waals surface area contributed by atoms with Gasteiger partial charge in [0.25, 0.3) is 5.91 Å². The Labute approximate surface area is 188 Å². The Hall–Kier alpha value is -2.87. The number of piperazine rings is 1. The SMILES string of the molecule is Cc1cnc(N2CCN(C(=O)c3cnc(N4C(=O)OCC4C)cc3C)CC2)c(C)c1.Cl. The summed E-state index contributed by atoms with van der Waals surface area (Å²) in [7, 11) is 0. The first kappa shape index (κ1) is 22.8. The fraction of sp³-hybridized carbons (Fsp3) is 0.455. The van der Waals surface area contributed by atoms with E-state index in [0.29, 0.717) is 31.1 Å². The molecule has 2 aliphatic heterocycles. The second-order valence-electron chi connectivity index (χ2n) is 8.09. The molecule has 0 radical (unpaired) electrons. The number of hydrogen-bond donors (Lipinski definition) is 0. The van der Waals surface area contributed by atoms with E-state index in [4.69, 9.17) is 4.74 Å². The lowest BCUT2D eigenvalue weighted by Crippen LogP contribution is -2.49. The van der Waals surface area contributed by atoms with Crippen molar-refractivity contribution >= 4 is 36.0 Å². The number of cyclic esters (lactones) is 1. The van der Waals surface area contributed by atoms with Crippen LogP contribution in [0.1, 0.15) is 34.0 Å². The summed E-state index contributed by atoms with van der Waals surface area (Å²) in [5.41, 5.74) is 3.67. The molecule has 0 bridgehead atoms. The molecule has 2 aliphatic rings. The van der Waals surface area contributed by atoms with Gasteiger partial charge in [-0.05, 0) is 50.5 Å². The van der Waals surface area contributed by atoms with Gasteiger partial charge in [-0.1, -0.05) is 6.07 Å². The average Bonchev–Trinajstić information content (AvgIpc) is 3.06. The molecule has 0 aliphatic carbocycles. The van der Waals surface area contributed by atoms with E-state index in [0.717, 1.165) is 35.6 Å². The Balaban J connectivity index is 0.00000272. The van der Waals surface area contributed by atoms with E-state index in [1.54, 1.807) is 12.3 Å². The van der Waals surface area contributed by atoms with E-state index in [1.165, 1.54) is 4.90 Å². The van der Waals surface area contributed by atoms with E-state index in [9.17, 15) is 9.59 Å². The van der Waals surface area contributed by atoms with Crippen LogP contribution >= 0.6 is 12.4 Å². The maximum atomic E-state index is 13.1. The van der Waals surface area contributed by atoms with Crippen molar-refractivity contribution in [1.29, 1.82) is 0 Å². The third kappa shape index (κ3) is 4.44. The van der Waals surface area contributed by atoms with Gasteiger partial charge in [0.05, 0.1) is 11.6 Å². The Kier molecular flexibility index (Phi) is 6.69. The number of hydrogen-bond acceptors (Lipinski definition) is 6. The maximum absolute atomic E-state index is 13.1. The molecule has 0 N–H and O–H groups in total. The molecule has 31 heavy (non-hydrogen) atoms. The van der Waals surface area contributed by atoms with E-state index in [-0.39, 0.29) is 24.4 Å². The number of halogens is 1. The van der Waals surface area contributed by atoms with Crippen LogP contribution in [0.3, 0.4) is 0 Å². The second-order valence-corrected chi connectivity index (χ2v) is 8.09. The first-order chi connectivity index (χ1) is 14.3. The number of rotatable bonds is 3. The van der Waals surface area contributed by atoms with Gasteiger partial charge in [0, 0.05) is 38.6 Å². The molecular formula is C22H28ClN5O3. The van der Waals surface area contributed by atoms with Crippen molar-refractivity contribution in [1.82, 2.24) is 14.9 Å². The molecule has 2 amide bonds. The first-order valence-corrected chi connectivity index (χ1v) is 10.2. The minimum atomic E-state index is -0.399. The lowest BCUT2D eigenvalue weighted by Gasteiger charge is -2.36. The lowest BCUT2D eigenvalue weighted by molar-refractivity contribution is 0.0745. The minimum absolute atomic E-state index is 0. The van der Waals surface area contributed by atoms with E-state index in [1.807, 2.05) is 31.9 Å². The quantitative estimate of drug-likeness (QED) is 0.722. The molecule has 166 valence electrons. The van der Waals surface area contributed by atoms with Gasteiger partial charge in [-0.2, -0.15) is 0 Å². The Bertz CT molecular complexity index is 991. The fourth-order valence-corrected chi connectivity index (χ4v) is 4.06. The van der Waals surface area contributed by atoms with Gasteiger partial charge in [0.1, 0.15) is 18.2 Å². The second kappa shape index (κ2) is 9.09. The van der Waals surface area contributed by atoms with Crippen LogP contribution in [0.15, 0.2) is 24.5 Å². The standard InChI is InChI=1S/C22H27N5O3.ClH/c1-14-9-16(3)20(24-11-14)25-5-7-26(8-6-25)21(28)18-12-23-19(10-15(18)2)27-17(4)13-30-22(27)29;/h9-12,17H,5-8,13H2,1-4H3;1H. The normalized spacial score (nSPS) is 18.6. The molecule has 2 fully saturated rings. The van der Waals surface area contributed by atoms with Crippen LogP contribution in [0.2, 0.25) is 0 Å². The number of nitrogens with zero attached hydrogens (tertiary/aromatic N) is 5. The number of pyridine rings is 2. The van der Waals surface area contributed by atoms with Gasteiger partial charge in [0.2, 0.25) is 0 Å². The van der Waals surface area contributed by atoms with Crippen LogP contribution in [-0.4, -0.2) is 65.7 Å². The number of amides is 2. The number of aromatic nitrogens is 2. The Morgan fingerprint density at radius 3 is 2.32 bits per heavy atom. The number of ether oxygens (including phenoxy) is 1. The van der Waals surface area contributed by atoms with Crippen LogP contribution in [0.4, 0.5) is 16.4 Å². The molecular weight excluding hydrogens is 418 g/mol. The summed E-state index contributed by atoms with van der Waals surface area (Å²) < 4.78 is 5.07. The Morgan fingerprint density at radius 2 is 1.74 bits per heavy atom. The molecule has 0 saturated carbocycles. The molecule has 8 nitrogen and oxygen atoms in total. The van der Waals surface area contributed by atoms with Crippen molar-refractivity contribution < 1.29 is 14.3 Å². The van der Waals surface area contributed by atoms with Gasteiger partial charge in [-0.15, -0.1) is 12.4 Å². The van der Waals surface area contributed by atoms with Gasteiger partial charge < -0.3 is 14.5 Å². The molecule has 4 rings (SSSR count). The largest absolute Gasteiger partial charge is 0.447 e. The summed E-state index contributed by atoms with van der Waals surface area (Å²) in [6.07, 6.45) is 3.06. The van der Waals surface area contributed by atoms with Crippen molar-refractivity contribution in [3.05, 3.63) is 46.8 Å². The van der Waals surface area contributed by atoms with Crippen LogP contribution in [-0.2, 0) is 4.74 Å². The molecule has 9 heteroatoms. The molecule has 0 aromatic carbocycles. The molecule has 0 spiro atoms. The number of aryl methyl sites for hydroxylation is 3. The third-order valence-corrected chi connectivity index (χ3v) is 5.71. The topological polar surface area (TPSA) is 78.9 Å². The molecule has 2 saturated heterocycles. The van der Waals surface area contributed by atoms with Gasteiger partial charge in [-0.25, -0.2) is 14.8 Å². The zero-order chi connectivity index (χ0) is 21.4. The highest BCUT2D eigenvalue weighted by Crippen LogP contribution is 2.24. The van der Waals surface area contributed by atoms with E-state index in [2.05, 4.69) is 27.9 Å².